The van der Waals surface area contributed by atoms with Crippen LogP contribution < -0.4 is 10.5 Å². The van der Waals surface area contributed by atoms with Crippen LogP contribution >= 0.6 is 0 Å². The number of unbranched alkanes of at least 4 members (excludes halogenated alkanes) is 25. The maximum atomic E-state index is 12.8. The second kappa shape index (κ2) is 43.0. The molecule has 9 nitrogen and oxygen atoms in total. The van der Waals surface area contributed by atoms with Gasteiger partial charge >= 0.3 is 11.9 Å². The number of nitrogens with one attached hydrogen (secondary N) is 1. The first-order chi connectivity index (χ1) is 28.6. The molecule has 59 heavy (non-hydrogen) atoms. The molecule has 0 aromatic carbocycles. The van der Waals surface area contributed by atoms with E-state index in [4.69, 9.17) is 14.6 Å². The van der Waals surface area contributed by atoms with Crippen LogP contribution in [0.1, 0.15) is 252 Å². The molecule has 0 aromatic rings. The molecule has 0 fully saturated rings. The van der Waals surface area contributed by atoms with Crippen molar-refractivity contribution in [1.82, 2.24) is 10.2 Å². The maximum Gasteiger partial charge on any atom is 0.306 e. The fraction of sp³-hybridized carbons (Fsp3) is 0.918. The van der Waals surface area contributed by atoms with Crippen molar-refractivity contribution in [3.8, 4) is 0 Å². The van der Waals surface area contributed by atoms with Gasteiger partial charge in [0.1, 0.15) is 6.10 Å². The van der Waals surface area contributed by atoms with Crippen LogP contribution in [0.25, 0.3) is 0 Å². The normalized spacial score (nSPS) is 12.2. The monoisotopic (exact) mass is 856 g/mol. The summed E-state index contributed by atoms with van der Waals surface area (Å²) in [6, 6.07) is 0. The Labute approximate surface area is 366 Å². The summed E-state index contributed by atoms with van der Waals surface area (Å²) in [5.41, 5.74) is 0.649. The van der Waals surface area contributed by atoms with E-state index in [0.717, 1.165) is 128 Å². The lowest BCUT2D eigenvalue weighted by molar-refractivity contribution is -0.150. The number of nitrogens with zero attached hydrogens (tertiary/aromatic N) is 1. The van der Waals surface area contributed by atoms with Crippen LogP contribution in [0.2, 0.25) is 0 Å². The minimum atomic E-state index is -3.66. The Bertz CT molecular complexity index is 1070. The molecule has 10 heteroatoms. The standard InChI is InChI=1S/C49H97N3O6S/c1-5-8-11-14-17-26-35-44-57-48(53)39-29-22-18-24-32-41-52(43-34-31-36-46(51-4)45-59(50,55)56)42-33-25-19-23-30-40-49(54)58-47(37-27-20-15-12-9-6-2)38-28-21-16-13-10-7-3/h45,47,51H,5-44H2,1-4H3,(H2,50,55,56)/b46-45-. The van der Waals surface area contributed by atoms with Gasteiger partial charge in [0.25, 0.3) is 0 Å². The lowest BCUT2D eigenvalue weighted by Crippen LogP contribution is -2.27. The van der Waals surface area contributed by atoms with Gasteiger partial charge in [0.2, 0.25) is 10.0 Å². The largest absolute Gasteiger partial charge is 0.466 e. The second-order valence-electron chi connectivity index (χ2n) is 17.4. The van der Waals surface area contributed by atoms with Gasteiger partial charge in [0.05, 0.1) is 12.0 Å². The van der Waals surface area contributed by atoms with Crippen LogP contribution in [0.4, 0.5) is 0 Å². The number of nitrogens with two attached hydrogens (primary N) is 1. The molecule has 350 valence electrons. The summed E-state index contributed by atoms with van der Waals surface area (Å²) in [5.74, 6) is -0.0501. The molecule has 0 unspecified atom stereocenters. The van der Waals surface area contributed by atoms with Gasteiger partial charge < -0.3 is 19.7 Å². The Kier molecular flexibility index (Phi) is 41.8. The van der Waals surface area contributed by atoms with Crippen LogP contribution in [0.5, 0.6) is 0 Å². The summed E-state index contributed by atoms with van der Waals surface area (Å²) in [7, 11) is -1.92. The van der Waals surface area contributed by atoms with Gasteiger partial charge in [-0.05, 0) is 96.7 Å². The van der Waals surface area contributed by atoms with Crippen molar-refractivity contribution in [2.75, 3.05) is 33.3 Å². The Morgan fingerprint density at radius 1 is 0.525 bits per heavy atom. The third-order valence-electron chi connectivity index (χ3n) is 11.6. The number of esters is 2. The first kappa shape index (κ1) is 57.3. The molecule has 0 saturated carbocycles. The molecule has 0 aliphatic heterocycles. The Balaban J connectivity index is 4.55. The summed E-state index contributed by atoms with van der Waals surface area (Å²) in [6.45, 7) is 10.4. The highest BCUT2D eigenvalue weighted by atomic mass is 32.2. The molecule has 0 aromatic heterocycles. The van der Waals surface area contributed by atoms with Crippen molar-refractivity contribution in [2.24, 2.45) is 5.14 Å². The number of primary sulfonamides is 1. The van der Waals surface area contributed by atoms with E-state index in [-0.39, 0.29) is 18.0 Å². The number of sulfonamides is 1. The van der Waals surface area contributed by atoms with Crippen molar-refractivity contribution in [2.45, 2.75) is 258 Å². The zero-order valence-corrected chi connectivity index (χ0v) is 40.1. The smallest absolute Gasteiger partial charge is 0.306 e. The van der Waals surface area contributed by atoms with Crippen LogP contribution in [0.15, 0.2) is 11.1 Å². The predicted octanol–water partition coefficient (Wildman–Crippen LogP) is 13.2. The van der Waals surface area contributed by atoms with Gasteiger partial charge in [0, 0.05) is 25.6 Å². The minimum absolute atomic E-state index is 0.00258. The quantitative estimate of drug-likeness (QED) is 0.0457. The summed E-state index contributed by atoms with van der Waals surface area (Å²) in [4.78, 5) is 27.5. The van der Waals surface area contributed by atoms with E-state index < -0.39 is 10.0 Å². The number of ether oxygens (including phenoxy) is 2. The molecule has 3 N–H and O–H groups in total. The molecule has 0 radical (unpaired) electrons. The van der Waals surface area contributed by atoms with Gasteiger partial charge in [0.15, 0.2) is 0 Å². The molecule has 0 rings (SSSR count). The fourth-order valence-electron chi connectivity index (χ4n) is 7.83. The highest BCUT2D eigenvalue weighted by molar-refractivity contribution is 7.92. The first-order valence-corrected chi connectivity index (χ1v) is 26.7. The van der Waals surface area contributed by atoms with E-state index in [9.17, 15) is 18.0 Å². The van der Waals surface area contributed by atoms with Crippen LogP contribution in [0, 0.1) is 0 Å². The van der Waals surface area contributed by atoms with E-state index in [1.165, 1.54) is 109 Å². The zero-order valence-electron chi connectivity index (χ0n) is 39.3. The molecule has 0 aliphatic rings. The van der Waals surface area contributed by atoms with Gasteiger partial charge in [-0.3, -0.25) is 9.59 Å². The molecule has 0 amide bonds. The molecule has 0 saturated heterocycles. The maximum absolute atomic E-state index is 12.8. The number of rotatable bonds is 46. The molecule has 0 bridgehead atoms. The Morgan fingerprint density at radius 2 is 0.898 bits per heavy atom. The van der Waals surface area contributed by atoms with Crippen molar-refractivity contribution < 1.29 is 27.5 Å². The number of hydrogen-bond donors (Lipinski definition) is 2. The van der Waals surface area contributed by atoms with E-state index in [1.807, 2.05) is 0 Å². The summed E-state index contributed by atoms with van der Waals surface area (Å²) >= 11 is 0. The molecule has 0 atom stereocenters. The fourth-order valence-corrected chi connectivity index (χ4v) is 8.46. The lowest BCUT2D eigenvalue weighted by atomic mass is 10.0. The van der Waals surface area contributed by atoms with Crippen molar-refractivity contribution in [1.29, 1.82) is 0 Å². The number of carbonyl (C=O) groups excluding carboxylic acids is 2. The third kappa shape index (κ3) is 42.8. The highest BCUT2D eigenvalue weighted by Crippen LogP contribution is 2.19. The SMILES string of the molecule is CCCCCCCCCOC(=O)CCCCCCCN(CCCCCCCC(=O)OC(CCCCCCCC)CCCCCCCC)CCCC/C(=C/S(N)(=O)=O)NC. The number of hydrogen-bond acceptors (Lipinski definition) is 8. The second-order valence-corrected chi connectivity index (χ2v) is 18.8. The van der Waals surface area contributed by atoms with Crippen molar-refractivity contribution >= 4 is 22.0 Å². The zero-order chi connectivity index (χ0) is 43.5. The highest BCUT2D eigenvalue weighted by Gasteiger charge is 2.15. The summed E-state index contributed by atoms with van der Waals surface area (Å²) in [6.07, 6.45) is 40.3. The molecule has 0 heterocycles. The topological polar surface area (TPSA) is 128 Å². The van der Waals surface area contributed by atoms with E-state index >= 15 is 0 Å². The van der Waals surface area contributed by atoms with Crippen LogP contribution in [0.3, 0.4) is 0 Å². The average molecular weight is 856 g/mol. The molecular formula is C49H97N3O6S. The lowest BCUT2D eigenvalue weighted by Gasteiger charge is -2.22. The molecule has 0 spiro atoms. The van der Waals surface area contributed by atoms with Crippen LogP contribution in [-0.2, 0) is 29.1 Å². The molecule has 0 aliphatic carbocycles. The van der Waals surface area contributed by atoms with Gasteiger partial charge in [-0.1, -0.05) is 162 Å². The van der Waals surface area contributed by atoms with E-state index in [1.54, 1.807) is 7.05 Å². The van der Waals surface area contributed by atoms with Gasteiger partial charge in [-0.15, -0.1) is 0 Å². The summed E-state index contributed by atoms with van der Waals surface area (Å²) < 4.78 is 34.5. The first-order valence-electron chi connectivity index (χ1n) is 25.1. The predicted molar refractivity (Wildman–Crippen MR) is 251 cm³/mol. The van der Waals surface area contributed by atoms with E-state index in [2.05, 4.69) is 31.0 Å². The van der Waals surface area contributed by atoms with Crippen molar-refractivity contribution in [3.05, 3.63) is 11.1 Å². The van der Waals surface area contributed by atoms with Gasteiger partial charge in [-0.2, -0.15) is 0 Å². The van der Waals surface area contributed by atoms with Crippen LogP contribution in [-0.4, -0.2) is 64.6 Å². The Morgan fingerprint density at radius 3 is 1.36 bits per heavy atom. The van der Waals surface area contributed by atoms with Gasteiger partial charge in [-0.25, -0.2) is 13.6 Å². The third-order valence-corrected chi connectivity index (χ3v) is 12.2. The molecular weight excluding hydrogens is 759 g/mol. The number of allylic oxidation sites excluding steroid dienone is 1. The average Bonchev–Trinajstić information content (AvgIpc) is 3.20. The Hall–Kier alpha value is -1.65. The summed E-state index contributed by atoms with van der Waals surface area (Å²) in [5, 5.41) is 9.32. The minimum Gasteiger partial charge on any atom is -0.466 e. The van der Waals surface area contributed by atoms with E-state index in [0.29, 0.717) is 31.6 Å². The van der Waals surface area contributed by atoms with Crippen molar-refractivity contribution in [3.63, 3.8) is 0 Å². The number of carbonyl (C=O) groups is 2.